The fourth-order valence-electron chi connectivity index (χ4n) is 2.81. The van der Waals surface area contributed by atoms with Crippen molar-refractivity contribution >= 4 is 44.8 Å². The van der Waals surface area contributed by atoms with Gasteiger partial charge in [-0.25, -0.2) is 8.42 Å². The summed E-state index contributed by atoms with van der Waals surface area (Å²) < 4.78 is 27.1. The highest BCUT2D eigenvalue weighted by Crippen LogP contribution is 2.25. The molecule has 0 aliphatic carbocycles. The van der Waals surface area contributed by atoms with Crippen molar-refractivity contribution in [3.05, 3.63) is 88.9 Å². The molecule has 3 aromatic carbocycles. The maximum Gasteiger partial charge on any atom is 0.264 e. The Kier molecular flexibility index (Phi) is 6.09. The van der Waals surface area contributed by atoms with Gasteiger partial charge in [0, 0.05) is 12.6 Å². The zero-order valence-corrected chi connectivity index (χ0v) is 17.4. The summed E-state index contributed by atoms with van der Waals surface area (Å²) in [6.45, 7) is 0. The number of halogens is 1. The number of benzene rings is 3. The smallest absolute Gasteiger partial charge is 0.264 e. The van der Waals surface area contributed by atoms with Gasteiger partial charge in [-0.3, -0.25) is 13.9 Å². The Morgan fingerprint density at radius 2 is 1.63 bits per heavy atom. The first-order chi connectivity index (χ1) is 14.2. The van der Waals surface area contributed by atoms with E-state index in [2.05, 4.69) is 5.32 Å². The second kappa shape index (κ2) is 8.56. The van der Waals surface area contributed by atoms with E-state index in [1.54, 1.807) is 36.4 Å². The van der Waals surface area contributed by atoms with Gasteiger partial charge in [-0.2, -0.15) is 0 Å². The molecule has 30 heavy (non-hydrogen) atoms. The number of anilines is 2. The number of carbonyl (C=O) groups is 2. The fraction of sp³-hybridized carbons (Fsp3) is 0.0476. The molecule has 0 heterocycles. The zero-order valence-electron chi connectivity index (χ0n) is 15.9. The van der Waals surface area contributed by atoms with Crippen LogP contribution in [0, 0.1) is 0 Å². The first kappa shape index (κ1) is 21.4. The molecule has 3 N–H and O–H groups in total. The molecule has 0 saturated carbocycles. The minimum Gasteiger partial charge on any atom is -0.365 e. The molecule has 3 aromatic rings. The quantitative estimate of drug-likeness (QED) is 0.607. The van der Waals surface area contributed by atoms with E-state index in [0.717, 1.165) is 4.31 Å². The molecule has 7 nitrogen and oxygen atoms in total. The summed E-state index contributed by atoms with van der Waals surface area (Å²) in [4.78, 5) is 24.3. The topological polar surface area (TPSA) is 110 Å². The minimum atomic E-state index is -3.89. The fourth-order valence-corrected chi connectivity index (χ4v) is 4.32. The first-order valence-electron chi connectivity index (χ1n) is 8.75. The molecule has 0 aromatic heterocycles. The van der Waals surface area contributed by atoms with Gasteiger partial charge < -0.3 is 11.1 Å². The molecule has 0 unspecified atom stereocenters. The number of primary amides is 1. The van der Waals surface area contributed by atoms with Crippen molar-refractivity contribution in [1.82, 2.24) is 0 Å². The third-order valence-electron chi connectivity index (χ3n) is 4.38. The average molecular weight is 444 g/mol. The van der Waals surface area contributed by atoms with Gasteiger partial charge in [0.1, 0.15) is 0 Å². The Hall–Kier alpha value is -3.36. The zero-order chi connectivity index (χ0) is 21.9. The van der Waals surface area contributed by atoms with E-state index in [0.29, 0.717) is 5.69 Å². The van der Waals surface area contributed by atoms with E-state index in [1.807, 2.05) is 0 Å². The second-order valence-corrected chi connectivity index (χ2v) is 8.69. The molecule has 0 aliphatic heterocycles. The lowest BCUT2D eigenvalue weighted by molar-refractivity contribution is 0.100. The summed E-state index contributed by atoms with van der Waals surface area (Å²) >= 11 is 6.00. The van der Waals surface area contributed by atoms with Gasteiger partial charge >= 0.3 is 0 Å². The maximum absolute atomic E-state index is 13.0. The Morgan fingerprint density at radius 1 is 0.967 bits per heavy atom. The van der Waals surface area contributed by atoms with Crippen molar-refractivity contribution < 1.29 is 18.0 Å². The van der Waals surface area contributed by atoms with Crippen molar-refractivity contribution in [3.8, 4) is 0 Å². The molecular formula is C21H18ClN3O4S. The highest BCUT2D eigenvalue weighted by atomic mass is 35.5. The van der Waals surface area contributed by atoms with Crippen LogP contribution in [0.5, 0.6) is 0 Å². The predicted octanol–water partition coefficient (Wildman–Crippen LogP) is 3.52. The Labute approximate surface area is 179 Å². The number of hydrogen-bond donors (Lipinski definition) is 2. The number of sulfonamides is 1. The van der Waals surface area contributed by atoms with Crippen LogP contribution in [-0.4, -0.2) is 27.3 Å². The van der Waals surface area contributed by atoms with E-state index in [-0.39, 0.29) is 26.7 Å². The normalized spacial score (nSPS) is 11.0. The number of hydrogen-bond acceptors (Lipinski definition) is 4. The van der Waals surface area contributed by atoms with Gasteiger partial charge in [-0.05, 0) is 42.5 Å². The SMILES string of the molecule is CN(c1ccccc1)S(=O)(=O)c1cccc(C(=O)Nc2cccc(Cl)c2C(N)=O)c1. The lowest BCUT2D eigenvalue weighted by atomic mass is 10.1. The lowest BCUT2D eigenvalue weighted by Crippen LogP contribution is -2.27. The summed E-state index contributed by atoms with van der Waals surface area (Å²) in [5.41, 5.74) is 6.02. The molecule has 0 saturated heterocycles. The molecule has 0 fully saturated rings. The molecule has 154 valence electrons. The summed E-state index contributed by atoms with van der Waals surface area (Å²) in [7, 11) is -2.46. The number of rotatable bonds is 6. The van der Waals surface area contributed by atoms with Crippen LogP contribution >= 0.6 is 11.6 Å². The van der Waals surface area contributed by atoms with E-state index in [1.165, 1.54) is 43.4 Å². The summed E-state index contributed by atoms with van der Waals surface area (Å²) in [6.07, 6.45) is 0. The molecular weight excluding hydrogens is 426 g/mol. The number of amides is 2. The van der Waals surface area contributed by atoms with Crippen LogP contribution in [0.3, 0.4) is 0 Å². The molecule has 0 aliphatic rings. The summed E-state index contributed by atoms with van der Waals surface area (Å²) in [5.74, 6) is -1.41. The molecule has 9 heteroatoms. The molecule has 0 bridgehead atoms. The van der Waals surface area contributed by atoms with Gasteiger partial charge in [0.05, 0.1) is 26.9 Å². The standard InChI is InChI=1S/C21H18ClN3O4S/c1-25(15-8-3-2-4-9-15)30(28,29)16-10-5-7-14(13-16)21(27)24-18-12-6-11-17(22)19(18)20(23)26/h2-13H,1H3,(H2,23,26)(H,24,27). The lowest BCUT2D eigenvalue weighted by Gasteiger charge is -2.19. The molecule has 0 atom stereocenters. The van der Waals surface area contributed by atoms with E-state index in [4.69, 9.17) is 17.3 Å². The first-order valence-corrected chi connectivity index (χ1v) is 10.6. The Balaban J connectivity index is 1.92. The summed E-state index contributed by atoms with van der Waals surface area (Å²) in [6, 6.07) is 18.7. The monoisotopic (exact) mass is 443 g/mol. The van der Waals surface area contributed by atoms with Crippen molar-refractivity contribution in [2.45, 2.75) is 4.90 Å². The van der Waals surface area contributed by atoms with Gasteiger partial charge in [-0.1, -0.05) is 41.9 Å². The van der Waals surface area contributed by atoms with Gasteiger partial charge in [0.2, 0.25) is 0 Å². The van der Waals surface area contributed by atoms with E-state index in [9.17, 15) is 18.0 Å². The summed E-state index contributed by atoms with van der Waals surface area (Å²) in [5, 5.41) is 2.65. The van der Waals surface area contributed by atoms with Crippen molar-refractivity contribution in [2.24, 2.45) is 5.73 Å². The van der Waals surface area contributed by atoms with Crippen LogP contribution < -0.4 is 15.4 Å². The third kappa shape index (κ3) is 4.29. The van der Waals surface area contributed by atoms with Crippen LogP contribution in [0.25, 0.3) is 0 Å². The highest BCUT2D eigenvalue weighted by Gasteiger charge is 2.23. The van der Waals surface area contributed by atoms with Gasteiger partial charge in [0.25, 0.3) is 21.8 Å². The molecule has 3 rings (SSSR count). The van der Waals surface area contributed by atoms with Crippen LogP contribution in [0.1, 0.15) is 20.7 Å². The molecule has 0 spiro atoms. The number of nitrogens with zero attached hydrogens (tertiary/aromatic N) is 1. The number of nitrogens with one attached hydrogen (secondary N) is 1. The van der Waals surface area contributed by atoms with Crippen LogP contribution in [0.15, 0.2) is 77.7 Å². The third-order valence-corrected chi connectivity index (χ3v) is 6.48. The average Bonchev–Trinajstić information content (AvgIpc) is 2.73. The van der Waals surface area contributed by atoms with Crippen molar-refractivity contribution in [3.63, 3.8) is 0 Å². The minimum absolute atomic E-state index is 0.0277. The van der Waals surface area contributed by atoms with E-state index >= 15 is 0 Å². The number of nitrogens with two attached hydrogens (primary N) is 1. The van der Waals surface area contributed by atoms with Gasteiger partial charge in [0.15, 0.2) is 0 Å². The van der Waals surface area contributed by atoms with Gasteiger partial charge in [-0.15, -0.1) is 0 Å². The number of carbonyl (C=O) groups excluding carboxylic acids is 2. The number of para-hydroxylation sites is 1. The predicted molar refractivity (Wildman–Crippen MR) is 116 cm³/mol. The van der Waals surface area contributed by atoms with Crippen LogP contribution in [0.4, 0.5) is 11.4 Å². The van der Waals surface area contributed by atoms with Crippen molar-refractivity contribution in [1.29, 1.82) is 0 Å². The molecule has 0 radical (unpaired) electrons. The van der Waals surface area contributed by atoms with Crippen LogP contribution in [-0.2, 0) is 10.0 Å². The Morgan fingerprint density at radius 3 is 2.30 bits per heavy atom. The van der Waals surface area contributed by atoms with Crippen LogP contribution in [0.2, 0.25) is 5.02 Å². The van der Waals surface area contributed by atoms with E-state index < -0.39 is 21.8 Å². The maximum atomic E-state index is 13.0. The highest BCUT2D eigenvalue weighted by molar-refractivity contribution is 7.92. The Bertz CT molecular complexity index is 1210. The largest absolute Gasteiger partial charge is 0.365 e. The second-order valence-electron chi connectivity index (χ2n) is 6.32. The molecule has 2 amide bonds. The van der Waals surface area contributed by atoms with Crippen molar-refractivity contribution in [2.75, 3.05) is 16.7 Å².